The lowest BCUT2D eigenvalue weighted by molar-refractivity contribution is -0.144. The minimum Gasteiger partial charge on any atom is -0.508 e. The third kappa shape index (κ3) is 9.35. The molecule has 4 amide bonds. The third-order valence-corrected chi connectivity index (χ3v) is 4.43. The maximum absolute atomic E-state index is 13.5. The maximum atomic E-state index is 13.5. The Kier molecular flexibility index (Phi) is 10.7. The zero-order valence-electron chi connectivity index (χ0n) is 20.2. The lowest BCUT2D eigenvalue weighted by atomic mass is 10.0. The van der Waals surface area contributed by atoms with E-state index in [1.54, 1.807) is 20.8 Å². The van der Waals surface area contributed by atoms with Crippen LogP contribution < -0.4 is 16.4 Å². The molecule has 2 unspecified atom stereocenters. The topological polar surface area (TPSA) is 177 Å². The Bertz CT molecular complexity index is 957. The Morgan fingerprint density at radius 1 is 1.20 bits per heavy atom. The number of alkyl carbamates (subject to hydrolysis) is 1. The molecule has 0 saturated carbocycles. The van der Waals surface area contributed by atoms with Crippen LogP contribution in [0.4, 0.5) is 4.79 Å². The maximum Gasteiger partial charge on any atom is 0.408 e. The predicted octanol–water partition coefficient (Wildman–Crippen LogP) is 0.506. The molecule has 0 heterocycles. The largest absolute Gasteiger partial charge is 0.508 e. The number of benzene rings is 1. The van der Waals surface area contributed by atoms with Crippen LogP contribution in [0.5, 0.6) is 5.75 Å². The molecule has 1 aromatic rings. The van der Waals surface area contributed by atoms with Gasteiger partial charge in [0, 0.05) is 12.1 Å². The zero-order chi connectivity index (χ0) is 26.8. The first kappa shape index (κ1) is 28.9. The zero-order valence-corrected chi connectivity index (χ0v) is 20.2. The normalized spacial score (nSPS) is 12.5. The summed E-state index contributed by atoms with van der Waals surface area (Å²) in [6.45, 7) is 7.70. The van der Waals surface area contributed by atoms with Crippen molar-refractivity contribution in [3.05, 3.63) is 42.5 Å². The van der Waals surface area contributed by atoms with Gasteiger partial charge in [0.25, 0.3) is 0 Å². The Morgan fingerprint density at radius 3 is 2.34 bits per heavy atom. The number of nitrogens with two attached hydrogens (primary N) is 1. The van der Waals surface area contributed by atoms with E-state index in [9.17, 15) is 29.1 Å². The van der Waals surface area contributed by atoms with E-state index in [0.29, 0.717) is 0 Å². The molecule has 1 rings (SSSR count). The van der Waals surface area contributed by atoms with Crippen LogP contribution in [0.15, 0.2) is 36.9 Å². The van der Waals surface area contributed by atoms with E-state index in [1.165, 1.54) is 30.3 Å². The van der Waals surface area contributed by atoms with Crippen molar-refractivity contribution in [3.63, 3.8) is 0 Å². The van der Waals surface area contributed by atoms with Crippen molar-refractivity contribution in [1.29, 1.82) is 0 Å². The molecule has 0 aliphatic rings. The van der Waals surface area contributed by atoms with Crippen LogP contribution in [-0.4, -0.2) is 71.6 Å². The van der Waals surface area contributed by atoms with Crippen LogP contribution in [0.1, 0.15) is 38.8 Å². The number of amides is 4. The molecule has 0 bridgehead atoms. The molecular weight excluding hydrogens is 460 g/mol. The summed E-state index contributed by atoms with van der Waals surface area (Å²) >= 11 is 0. The van der Waals surface area contributed by atoms with Crippen molar-refractivity contribution in [1.82, 2.24) is 15.5 Å². The molecule has 0 fully saturated rings. The summed E-state index contributed by atoms with van der Waals surface area (Å²) in [7, 11) is 1.14. The van der Waals surface area contributed by atoms with E-state index < -0.39 is 60.4 Å². The standard InChI is InChI=1S/C23H32N4O8/c1-6-11-27(21(32)15(12-17(24)29)26-22(33)35-23(2,3)4)19(14-9-7-8-10-16(14)28)20(31)25-13-18(30)34-5/h6-10,15,19,28H,1,11-13H2,2-5H3,(H2,24,29)(H,25,31)(H,26,33). The molecule has 2 atom stereocenters. The van der Waals surface area contributed by atoms with Gasteiger partial charge >= 0.3 is 12.1 Å². The highest BCUT2D eigenvalue weighted by Gasteiger charge is 2.37. The molecule has 192 valence electrons. The molecule has 5 N–H and O–H groups in total. The lowest BCUT2D eigenvalue weighted by Gasteiger charge is -2.33. The van der Waals surface area contributed by atoms with E-state index in [-0.39, 0.29) is 17.9 Å². The van der Waals surface area contributed by atoms with E-state index in [4.69, 9.17) is 10.5 Å². The number of phenols is 1. The molecule has 0 aromatic heterocycles. The highest BCUT2D eigenvalue weighted by atomic mass is 16.6. The van der Waals surface area contributed by atoms with Gasteiger partial charge in [0.2, 0.25) is 17.7 Å². The third-order valence-electron chi connectivity index (χ3n) is 4.43. The SMILES string of the molecule is C=CCN(C(=O)C(CC(N)=O)NC(=O)OC(C)(C)C)C(C(=O)NCC(=O)OC)c1ccccc1O. The van der Waals surface area contributed by atoms with Crippen molar-refractivity contribution >= 4 is 29.8 Å². The Hall–Kier alpha value is -4.09. The number of aromatic hydroxyl groups is 1. The van der Waals surface area contributed by atoms with Crippen LogP contribution in [-0.2, 0) is 28.7 Å². The average Bonchev–Trinajstić information content (AvgIpc) is 2.75. The van der Waals surface area contributed by atoms with Gasteiger partial charge in [-0.2, -0.15) is 0 Å². The fraction of sp³-hybridized carbons (Fsp3) is 0.435. The highest BCUT2D eigenvalue weighted by Crippen LogP contribution is 2.29. The summed E-state index contributed by atoms with van der Waals surface area (Å²) in [4.78, 5) is 63.2. The first-order chi connectivity index (χ1) is 16.3. The number of hydrogen-bond acceptors (Lipinski definition) is 8. The van der Waals surface area contributed by atoms with Crippen molar-refractivity contribution in [3.8, 4) is 5.75 Å². The van der Waals surface area contributed by atoms with Gasteiger partial charge in [0.1, 0.15) is 30.0 Å². The second kappa shape index (κ2) is 13.0. The minimum absolute atomic E-state index is 0.0279. The number of phenolic OH excluding ortho intramolecular Hbond substituents is 1. The van der Waals surface area contributed by atoms with Crippen LogP contribution in [0.3, 0.4) is 0 Å². The molecule has 0 spiro atoms. The van der Waals surface area contributed by atoms with Gasteiger partial charge in [-0.05, 0) is 26.8 Å². The van der Waals surface area contributed by atoms with E-state index in [1.807, 2.05) is 0 Å². The molecular formula is C23H32N4O8. The van der Waals surface area contributed by atoms with E-state index >= 15 is 0 Å². The highest BCUT2D eigenvalue weighted by molar-refractivity contribution is 5.95. The number of para-hydroxylation sites is 1. The van der Waals surface area contributed by atoms with Gasteiger partial charge in [-0.15, -0.1) is 6.58 Å². The number of primary amides is 1. The summed E-state index contributed by atoms with van der Waals surface area (Å²) in [5.41, 5.74) is 4.42. The predicted molar refractivity (Wildman–Crippen MR) is 125 cm³/mol. The molecule has 12 heteroatoms. The second-order valence-corrected chi connectivity index (χ2v) is 8.40. The average molecular weight is 493 g/mol. The van der Waals surface area contributed by atoms with Crippen LogP contribution in [0.2, 0.25) is 0 Å². The monoisotopic (exact) mass is 492 g/mol. The Morgan fingerprint density at radius 2 is 1.83 bits per heavy atom. The number of carbonyl (C=O) groups excluding carboxylic acids is 5. The lowest BCUT2D eigenvalue weighted by Crippen LogP contribution is -2.54. The number of methoxy groups -OCH3 is 1. The number of hydrogen-bond donors (Lipinski definition) is 4. The molecule has 12 nitrogen and oxygen atoms in total. The summed E-state index contributed by atoms with van der Waals surface area (Å²) in [5.74, 6) is -3.65. The fourth-order valence-electron chi connectivity index (χ4n) is 3.01. The van der Waals surface area contributed by atoms with Crippen molar-refractivity contribution < 1.29 is 38.6 Å². The molecule has 0 radical (unpaired) electrons. The van der Waals surface area contributed by atoms with Gasteiger partial charge in [-0.25, -0.2) is 4.79 Å². The quantitative estimate of drug-likeness (QED) is 0.255. The van der Waals surface area contributed by atoms with Crippen molar-refractivity contribution in [2.45, 2.75) is 44.9 Å². The van der Waals surface area contributed by atoms with Crippen LogP contribution in [0, 0.1) is 0 Å². The smallest absolute Gasteiger partial charge is 0.408 e. The van der Waals surface area contributed by atoms with Crippen molar-refractivity contribution in [2.24, 2.45) is 5.73 Å². The first-order valence-corrected chi connectivity index (χ1v) is 10.6. The second-order valence-electron chi connectivity index (χ2n) is 8.40. The number of nitrogens with one attached hydrogen (secondary N) is 2. The number of ether oxygens (including phenoxy) is 2. The number of nitrogens with zero attached hydrogens (tertiary/aromatic N) is 1. The van der Waals surface area contributed by atoms with Crippen LogP contribution >= 0.6 is 0 Å². The minimum atomic E-state index is -1.50. The molecule has 35 heavy (non-hydrogen) atoms. The molecule has 0 aliphatic carbocycles. The number of esters is 1. The van der Waals surface area contributed by atoms with E-state index in [0.717, 1.165) is 12.0 Å². The Balaban J connectivity index is 3.45. The molecule has 1 aromatic carbocycles. The van der Waals surface area contributed by atoms with Gasteiger partial charge < -0.3 is 35.8 Å². The van der Waals surface area contributed by atoms with E-state index in [2.05, 4.69) is 21.9 Å². The van der Waals surface area contributed by atoms with Gasteiger partial charge in [0.05, 0.1) is 13.5 Å². The summed E-state index contributed by atoms with van der Waals surface area (Å²) in [6, 6.07) is 2.80. The van der Waals surface area contributed by atoms with Crippen LogP contribution in [0.25, 0.3) is 0 Å². The number of carbonyl (C=O) groups is 5. The molecule has 0 aliphatic heterocycles. The summed E-state index contributed by atoms with van der Waals surface area (Å²) < 4.78 is 9.68. The Labute approximate surface area is 203 Å². The van der Waals surface area contributed by atoms with Crippen molar-refractivity contribution in [2.75, 3.05) is 20.2 Å². The summed E-state index contributed by atoms with van der Waals surface area (Å²) in [5, 5.41) is 15.1. The van der Waals surface area contributed by atoms with Gasteiger partial charge in [-0.1, -0.05) is 24.3 Å². The van der Waals surface area contributed by atoms with Gasteiger partial charge in [-0.3, -0.25) is 19.2 Å². The molecule has 0 saturated heterocycles. The summed E-state index contributed by atoms with van der Waals surface area (Å²) in [6.07, 6.45) is -0.263. The fourth-order valence-corrected chi connectivity index (χ4v) is 3.01. The number of rotatable bonds is 11. The van der Waals surface area contributed by atoms with Gasteiger partial charge in [0.15, 0.2) is 0 Å². The first-order valence-electron chi connectivity index (χ1n) is 10.6.